The Kier molecular flexibility index (Phi) is 2.39. The van der Waals surface area contributed by atoms with Crippen LogP contribution in [0.4, 0.5) is 0 Å². The SMILES string of the molecule is c1ccc2c(-c3cocn3)ccc(-c3cocn3)c2c1. The number of fused-ring (bicyclic) bond motifs is 1. The van der Waals surface area contributed by atoms with Gasteiger partial charge in [0, 0.05) is 11.1 Å². The Morgan fingerprint density at radius 1 is 0.650 bits per heavy atom. The van der Waals surface area contributed by atoms with Crippen molar-refractivity contribution in [1.82, 2.24) is 9.97 Å². The zero-order chi connectivity index (χ0) is 13.4. The molecule has 0 atom stereocenters. The summed E-state index contributed by atoms with van der Waals surface area (Å²) in [5.74, 6) is 0. The topological polar surface area (TPSA) is 52.1 Å². The van der Waals surface area contributed by atoms with Gasteiger partial charge in [0.25, 0.3) is 0 Å². The Hall–Kier alpha value is -2.88. The van der Waals surface area contributed by atoms with E-state index in [4.69, 9.17) is 8.83 Å². The minimum absolute atomic E-state index is 0.827. The number of rotatable bonds is 2. The standard InChI is InChI=1S/C16H10N2O2/c1-2-4-12-11(3-1)13(15-7-19-9-17-15)5-6-14(12)16-8-20-10-18-16/h1-10H. The third kappa shape index (κ3) is 1.62. The highest BCUT2D eigenvalue weighted by molar-refractivity contribution is 6.03. The number of nitrogens with zero attached hydrogens (tertiary/aromatic N) is 2. The molecular formula is C16H10N2O2. The minimum atomic E-state index is 0.827. The Morgan fingerprint density at radius 3 is 1.55 bits per heavy atom. The third-order valence-electron chi connectivity index (χ3n) is 3.34. The zero-order valence-corrected chi connectivity index (χ0v) is 10.5. The molecule has 4 aromatic rings. The largest absolute Gasteiger partial charge is 0.451 e. The van der Waals surface area contributed by atoms with Gasteiger partial charge in [-0.1, -0.05) is 36.4 Å². The second kappa shape index (κ2) is 4.35. The Labute approximate surface area is 114 Å². The lowest BCUT2D eigenvalue weighted by molar-refractivity contribution is 0.558. The Bertz CT molecular complexity index is 777. The molecule has 0 unspecified atom stereocenters. The molecule has 0 spiro atoms. The molecule has 0 saturated carbocycles. The van der Waals surface area contributed by atoms with Crippen LogP contribution in [0.1, 0.15) is 0 Å². The molecule has 2 aromatic carbocycles. The molecule has 0 bridgehead atoms. The highest BCUT2D eigenvalue weighted by atomic mass is 16.3. The first-order valence-corrected chi connectivity index (χ1v) is 6.22. The maximum absolute atomic E-state index is 5.08. The van der Waals surface area contributed by atoms with E-state index in [-0.39, 0.29) is 0 Å². The number of oxazole rings is 2. The fourth-order valence-corrected chi connectivity index (χ4v) is 2.44. The van der Waals surface area contributed by atoms with Crippen molar-refractivity contribution in [3.8, 4) is 22.5 Å². The Morgan fingerprint density at radius 2 is 1.15 bits per heavy atom. The van der Waals surface area contributed by atoms with E-state index in [1.54, 1.807) is 12.5 Å². The van der Waals surface area contributed by atoms with Crippen LogP contribution in [0.2, 0.25) is 0 Å². The lowest BCUT2D eigenvalue weighted by Crippen LogP contribution is -1.85. The summed E-state index contributed by atoms with van der Waals surface area (Å²) in [5.41, 5.74) is 3.74. The maximum atomic E-state index is 5.08. The molecule has 0 N–H and O–H groups in total. The molecule has 0 aliphatic carbocycles. The summed E-state index contributed by atoms with van der Waals surface area (Å²) in [4.78, 5) is 8.46. The van der Waals surface area contributed by atoms with Gasteiger partial charge in [0.05, 0.1) is 0 Å². The molecular weight excluding hydrogens is 252 g/mol. The molecule has 0 aliphatic heterocycles. The van der Waals surface area contributed by atoms with E-state index in [0.29, 0.717) is 0 Å². The monoisotopic (exact) mass is 262 g/mol. The van der Waals surface area contributed by atoms with Crippen LogP contribution in [-0.4, -0.2) is 9.97 Å². The first-order valence-electron chi connectivity index (χ1n) is 6.22. The van der Waals surface area contributed by atoms with Gasteiger partial charge in [-0.25, -0.2) is 9.97 Å². The van der Waals surface area contributed by atoms with Gasteiger partial charge < -0.3 is 8.83 Å². The predicted octanol–water partition coefficient (Wildman–Crippen LogP) is 4.15. The van der Waals surface area contributed by atoms with Crippen molar-refractivity contribution >= 4 is 10.8 Å². The van der Waals surface area contributed by atoms with Gasteiger partial charge in [0.1, 0.15) is 23.9 Å². The van der Waals surface area contributed by atoms with E-state index >= 15 is 0 Å². The number of hydrogen-bond donors (Lipinski definition) is 0. The van der Waals surface area contributed by atoms with Crippen LogP contribution in [0.3, 0.4) is 0 Å². The third-order valence-corrected chi connectivity index (χ3v) is 3.34. The second-order valence-corrected chi connectivity index (χ2v) is 4.45. The average molecular weight is 262 g/mol. The molecule has 2 aromatic heterocycles. The lowest BCUT2D eigenvalue weighted by atomic mass is 9.97. The number of benzene rings is 2. The van der Waals surface area contributed by atoms with E-state index in [2.05, 4.69) is 22.1 Å². The van der Waals surface area contributed by atoms with E-state index < -0.39 is 0 Å². The molecule has 4 nitrogen and oxygen atoms in total. The van der Waals surface area contributed by atoms with Crippen molar-refractivity contribution < 1.29 is 8.83 Å². The first kappa shape index (κ1) is 11.0. The fraction of sp³-hybridized carbons (Fsp3) is 0. The van der Waals surface area contributed by atoms with Gasteiger partial charge in [-0.2, -0.15) is 0 Å². The number of hydrogen-bond acceptors (Lipinski definition) is 4. The summed E-state index contributed by atoms with van der Waals surface area (Å²) in [7, 11) is 0. The molecule has 0 fully saturated rings. The van der Waals surface area contributed by atoms with Gasteiger partial charge in [-0.05, 0) is 10.8 Å². The molecule has 0 saturated heterocycles. The lowest BCUT2D eigenvalue weighted by Gasteiger charge is -2.07. The van der Waals surface area contributed by atoms with Crippen LogP contribution in [0.5, 0.6) is 0 Å². The summed E-state index contributed by atoms with van der Waals surface area (Å²) >= 11 is 0. The molecule has 96 valence electrons. The normalized spacial score (nSPS) is 11.0. The zero-order valence-electron chi connectivity index (χ0n) is 10.5. The maximum Gasteiger partial charge on any atom is 0.181 e. The molecule has 4 heteroatoms. The van der Waals surface area contributed by atoms with E-state index in [0.717, 1.165) is 33.3 Å². The summed E-state index contributed by atoms with van der Waals surface area (Å²) in [5, 5.41) is 2.23. The average Bonchev–Trinajstić information content (AvgIpc) is 3.19. The van der Waals surface area contributed by atoms with Crippen molar-refractivity contribution in [2.24, 2.45) is 0 Å². The molecule has 0 amide bonds. The van der Waals surface area contributed by atoms with Crippen molar-refractivity contribution in [3.63, 3.8) is 0 Å². The van der Waals surface area contributed by atoms with Crippen LogP contribution >= 0.6 is 0 Å². The summed E-state index contributed by atoms with van der Waals surface area (Å²) in [6.07, 6.45) is 6.18. The smallest absolute Gasteiger partial charge is 0.181 e. The Balaban J connectivity index is 2.05. The molecule has 20 heavy (non-hydrogen) atoms. The van der Waals surface area contributed by atoms with Crippen molar-refractivity contribution in [2.45, 2.75) is 0 Å². The molecule has 2 heterocycles. The first-order chi connectivity index (χ1) is 9.93. The highest BCUT2D eigenvalue weighted by Crippen LogP contribution is 2.34. The van der Waals surface area contributed by atoms with E-state index in [1.165, 1.54) is 12.8 Å². The minimum Gasteiger partial charge on any atom is -0.451 e. The molecule has 0 radical (unpaired) electrons. The molecule has 4 rings (SSSR count). The van der Waals surface area contributed by atoms with E-state index in [1.807, 2.05) is 24.3 Å². The van der Waals surface area contributed by atoms with Crippen LogP contribution < -0.4 is 0 Å². The summed E-state index contributed by atoms with van der Waals surface area (Å²) in [6, 6.07) is 12.2. The van der Waals surface area contributed by atoms with Gasteiger partial charge in [-0.15, -0.1) is 0 Å². The quantitative estimate of drug-likeness (QED) is 0.544. The number of aromatic nitrogens is 2. The summed E-state index contributed by atoms with van der Waals surface area (Å²) < 4.78 is 10.2. The van der Waals surface area contributed by atoms with Crippen molar-refractivity contribution in [2.75, 3.05) is 0 Å². The van der Waals surface area contributed by atoms with Gasteiger partial charge >= 0.3 is 0 Å². The van der Waals surface area contributed by atoms with E-state index in [9.17, 15) is 0 Å². The van der Waals surface area contributed by atoms with Crippen LogP contribution in [0.15, 0.2) is 70.5 Å². The van der Waals surface area contributed by atoms with Crippen molar-refractivity contribution in [1.29, 1.82) is 0 Å². The van der Waals surface area contributed by atoms with Gasteiger partial charge in [0.15, 0.2) is 12.8 Å². The van der Waals surface area contributed by atoms with Crippen LogP contribution in [-0.2, 0) is 0 Å². The molecule has 0 aliphatic rings. The second-order valence-electron chi connectivity index (χ2n) is 4.45. The van der Waals surface area contributed by atoms with Crippen LogP contribution in [0.25, 0.3) is 33.3 Å². The predicted molar refractivity (Wildman–Crippen MR) is 74.9 cm³/mol. The fourth-order valence-electron chi connectivity index (χ4n) is 2.44. The van der Waals surface area contributed by atoms with Gasteiger partial charge in [-0.3, -0.25) is 0 Å². The highest BCUT2D eigenvalue weighted by Gasteiger charge is 2.11. The van der Waals surface area contributed by atoms with Crippen molar-refractivity contribution in [3.05, 3.63) is 61.7 Å². The van der Waals surface area contributed by atoms with Gasteiger partial charge in [0.2, 0.25) is 0 Å². The summed E-state index contributed by atoms with van der Waals surface area (Å²) in [6.45, 7) is 0. The van der Waals surface area contributed by atoms with Crippen LogP contribution in [0, 0.1) is 0 Å².